The van der Waals surface area contributed by atoms with E-state index in [4.69, 9.17) is 4.89 Å². The van der Waals surface area contributed by atoms with Crippen LogP contribution < -0.4 is 0 Å². The van der Waals surface area contributed by atoms with Crippen molar-refractivity contribution in [3.63, 3.8) is 0 Å². The van der Waals surface area contributed by atoms with Crippen molar-refractivity contribution in [2.24, 2.45) is 0 Å². The van der Waals surface area contributed by atoms with Gasteiger partial charge in [0.05, 0.1) is 12.2 Å². The normalized spacial score (nSPS) is 14.8. The van der Waals surface area contributed by atoms with Gasteiger partial charge >= 0.3 is 14.0 Å². The molecule has 0 aromatic heterocycles. The third-order valence-electron chi connectivity index (χ3n) is 2.33. The van der Waals surface area contributed by atoms with E-state index >= 15 is 0 Å². The average molecular weight is 312 g/mol. The van der Waals surface area contributed by atoms with Crippen molar-refractivity contribution >= 4 is 13.6 Å². The molecule has 9 heteroatoms. The van der Waals surface area contributed by atoms with E-state index in [2.05, 4.69) is 9.05 Å². The van der Waals surface area contributed by atoms with Gasteiger partial charge in [-0.2, -0.15) is 13.2 Å². The smallest absolute Gasteiger partial charge is 0.303 e. The SMILES string of the molecule is COP(=O)(O)OCCC(=O)c1cccc(C(F)(F)F)c1. The van der Waals surface area contributed by atoms with Crippen LogP contribution in [-0.2, 0) is 19.8 Å². The molecule has 1 aromatic carbocycles. The Morgan fingerprint density at radius 1 is 1.40 bits per heavy atom. The molecule has 0 bridgehead atoms. The standard InChI is InChI=1S/C11H12F3O5P/c1-18-20(16,17)19-6-5-10(15)8-3-2-4-9(7-8)11(12,13)14/h2-4,7H,5-6H2,1H3,(H,16,17). The first kappa shape index (κ1) is 16.8. The first-order valence-electron chi connectivity index (χ1n) is 5.39. The minimum Gasteiger partial charge on any atom is -0.303 e. The predicted octanol–water partition coefficient (Wildman–Crippen LogP) is 3.04. The van der Waals surface area contributed by atoms with Gasteiger partial charge in [-0.25, -0.2) is 4.57 Å². The molecule has 0 fully saturated rings. The van der Waals surface area contributed by atoms with Crippen LogP contribution in [0.15, 0.2) is 24.3 Å². The Kier molecular flexibility index (Phi) is 5.47. The number of hydrogen-bond donors (Lipinski definition) is 1. The molecule has 1 aromatic rings. The van der Waals surface area contributed by atoms with Crippen LogP contribution >= 0.6 is 7.82 Å². The molecule has 5 nitrogen and oxygen atoms in total. The lowest BCUT2D eigenvalue weighted by atomic mass is 10.1. The highest BCUT2D eigenvalue weighted by Crippen LogP contribution is 2.41. The van der Waals surface area contributed by atoms with Crippen molar-refractivity contribution in [1.29, 1.82) is 0 Å². The van der Waals surface area contributed by atoms with E-state index in [-0.39, 0.29) is 12.0 Å². The Balaban J connectivity index is 2.67. The van der Waals surface area contributed by atoms with Crippen LogP contribution in [0.3, 0.4) is 0 Å². The van der Waals surface area contributed by atoms with E-state index in [1.54, 1.807) is 0 Å². The molecule has 1 atom stereocenters. The molecule has 0 aliphatic rings. The summed E-state index contributed by atoms with van der Waals surface area (Å²) in [5.74, 6) is -0.632. The zero-order valence-corrected chi connectivity index (χ0v) is 11.3. The Morgan fingerprint density at radius 2 is 2.05 bits per heavy atom. The van der Waals surface area contributed by atoms with E-state index < -0.39 is 32.0 Å². The number of phosphoric acid groups is 1. The first-order chi connectivity index (χ1) is 9.15. The van der Waals surface area contributed by atoms with E-state index in [1.165, 1.54) is 6.07 Å². The Bertz CT molecular complexity index is 529. The Hall–Kier alpha value is -1.21. The summed E-state index contributed by atoms with van der Waals surface area (Å²) in [6.45, 7) is -0.434. The zero-order valence-electron chi connectivity index (χ0n) is 10.4. The zero-order chi connectivity index (χ0) is 15.4. The largest absolute Gasteiger partial charge is 0.471 e. The van der Waals surface area contributed by atoms with Gasteiger partial charge in [0, 0.05) is 19.1 Å². The van der Waals surface area contributed by atoms with Gasteiger partial charge in [0.25, 0.3) is 0 Å². The molecule has 0 spiro atoms. The van der Waals surface area contributed by atoms with Crippen molar-refractivity contribution in [1.82, 2.24) is 0 Å². The highest BCUT2D eigenvalue weighted by molar-refractivity contribution is 7.47. The number of hydrogen-bond acceptors (Lipinski definition) is 4. The number of ketones is 1. The average Bonchev–Trinajstić information content (AvgIpc) is 2.37. The van der Waals surface area contributed by atoms with Crippen molar-refractivity contribution in [2.75, 3.05) is 13.7 Å². The minimum absolute atomic E-state index is 0.145. The molecule has 0 radical (unpaired) electrons. The predicted molar refractivity (Wildman–Crippen MR) is 63.2 cm³/mol. The lowest BCUT2D eigenvalue weighted by Gasteiger charge is -2.10. The fourth-order valence-electron chi connectivity index (χ4n) is 1.32. The number of phosphoric ester groups is 1. The molecule has 112 valence electrons. The summed E-state index contributed by atoms with van der Waals surface area (Å²) in [6.07, 6.45) is -4.88. The van der Waals surface area contributed by atoms with Gasteiger partial charge in [-0.15, -0.1) is 0 Å². The maximum Gasteiger partial charge on any atom is 0.471 e. The molecule has 0 saturated carbocycles. The molecule has 0 aliphatic heterocycles. The summed E-state index contributed by atoms with van der Waals surface area (Å²) in [6, 6.07) is 3.91. The van der Waals surface area contributed by atoms with Crippen molar-refractivity contribution in [3.05, 3.63) is 35.4 Å². The number of halogens is 3. The molecule has 0 heterocycles. The van der Waals surface area contributed by atoms with Gasteiger partial charge < -0.3 is 4.89 Å². The van der Waals surface area contributed by atoms with E-state index in [9.17, 15) is 22.5 Å². The lowest BCUT2D eigenvalue weighted by molar-refractivity contribution is -0.137. The number of Topliss-reactive ketones (excluding diaryl/α,β-unsaturated/α-hetero) is 1. The highest BCUT2D eigenvalue weighted by atomic mass is 31.2. The van der Waals surface area contributed by atoms with Crippen LogP contribution in [-0.4, -0.2) is 24.4 Å². The Morgan fingerprint density at radius 3 is 2.60 bits per heavy atom. The molecular formula is C11H12F3O5P. The summed E-state index contributed by atoms with van der Waals surface area (Å²) in [7, 11) is -3.24. The first-order valence-corrected chi connectivity index (χ1v) is 6.89. The number of carbonyl (C=O) groups is 1. The third-order valence-corrected chi connectivity index (χ3v) is 3.30. The second-order valence-corrected chi connectivity index (χ2v) is 5.30. The minimum atomic E-state index is -4.54. The van der Waals surface area contributed by atoms with Crippen LogP contribution in [0.5, 0.6) is 0 Å². The van der Waals surface area contributed by atoms with Crippen LogP contribution in [0.2, 0.25) is 0 Å². The molecule has 0 aliphatic carbocycles. The summed E-state index contributed by atoms with van der Waals surface area (Å²) in [5, 5.41) is 0. The molecule has 20 heavy (non-hydrogen) atoms. The van der Waals surface area contributed by atoms with Gasteiger partial charge in [-0.05, 0) is 12.1 Å². The van der Waals surface area contributed by atoms with Crippen molar-refractivity contribution < 1.29 is 36.5 Å². The molecule has 0 saturated heterocycles. The van der Waals surface area contributed by atoms with E-state index in [0.29, 0.717) is 0 Å². The lowest BCUT2D eigenvalue weighted by Crippen LogP contribution is -2.09. The van der Waals surface area contributed by atoms with Crippen molar-refractivity contribution in [2.45, 2.75) is 12.6 Å². The summed E-state index contributed by atoms with van der Waals surface area (Å²) in [5.41, 5.74) is -1.08. The summed E-state index contributed by atoms with van der Waals surface area (Å²) in [4.78, 5) is 20.5. The van der Waals surface area contributed by atoms with E-state index in [0.717, 1.165) is 25.3 Å². The second kappa shape index (κ2) is 6.49. The molecule has 0 amide bonds. The fraction of sp³-hybridized carbons (Fsp3) is 0.364. The maximum atomic E-state index is 12.5. The third kappa shape index (κ3) is 5.05. The van der Waals surface area contributed by atoms with Gasteiger partial charge in [0.2, 0.25) is 0 Å². The quantitative estimate of drug-likeness (QED) is 0.645. The number of carbonyl (C=O) groups excluding carboxylic acids is 1. The topological polar surface area (TPSA) is 72.8 Å². The van der Waals surface area contributed by atoms with Crippen LogP contribution in [0.25, 0.3) is 0 Å². The molecule has 1 unspecified atom stereocenters. The maximum absolute atomic E-state index is 12.5. The fourth-order valence-corrected chi connectivity index (χ4v) is 1.75. The number of rotatable bonds is 6. The number of alkyl halides is 3. The molecule has 1 N–H and O–H groups in total. The highest BCUT2D eigenvalue weighted by Gasteiger charge is 2.30. The summed E-state index contributed by atoms with van der Waals surface area (Å²) < 4.78 is 56.9. The van der Waals surface area contributed by atoms with Gasteiger partial charge in [0.1, 0.15) is 0 Å². The summed E-state index contributed by atoms with van der Waals surface area (Å²) >= 11 is 0. The van der Waals surface area contributed by atoms with Gasteiger partial charge in [-0.1, -0.05) is 12.1 Å². The second-order valence-electron chi connectivity index (χ2n) is 3.74. The van der Waals surface area contributed by atoms with Crippen LogP contribution in [0.4, 0.5) is 13.2 Å². The van der Waals surface area contributed by atoms with Crippen LogP contribution in [0, 0.1) is 0 Å². The molecular weight excluding hydrogens is 300 g/mol. The van der Waals surface area contributed by atoms with Crippen molar-refractivity contribution in [3.8, 4) is 0 Å². The molecule has 1 rings (SSSR count). The van der Waals surface area contributed by atoms with Gasteiger partial charge in [-0.3, -0.25) is 13.8 Å². The number of benzene rings is 1. The monoisotopic (exact) mass is 312 g/mol. The Labute approximate surface area is 112 Å². The van der Waals surface area contributed by atoms with Crippen LogP contribution in [0.1, 0.15) is 22.3 Å². The van der Waals surface area contributed by atoms with E-state index in [1.807, 2.05) is 0 Å². The van der Waals surface area contributed by atoms with Gasteiger partial charge in [0.15, 0.2) is 5.78 Å².